The number of nitrogens with zero attached hydrogens (tertiary/aromatic N) is 4. The molecule has 0 bridgehead atoms. The van der Waals surface area contributed by atoms with Gasteiger partial charge in [-0.25, -0.2) is 0 Å². The van der Waals surface area contributed by atoms with E-state index in [2.05, 4.69) is 313 Å². The van der Waals surface area contributed by atoms with E-state index in [0.29, 0.717) is 13.1 Å². The Morgan fingerprint density at radius 3 is 1.58 bits per heavy atom. The molecule has 0 spiro atoms. The highest BCUT2D eigenvalue weighted by molar-refractivity contribution is 5.87. The Morgan fingerprint density at radius 2 is 1.01 bits per heavy atom. The van der Waals surface area contributed by atoms with Gasteiger partial charge in [0.15, 0.2) is 0 Å². The molecule has 7 nitrogen and oxygen atoms in total. The molecule has 8 aromatic carbocycles. The first kappa shape index (κ1) is 65.8. The fourth-order valence-corrected chi connectivity index (χ4v) is 15.0. The Morgan fingerprint density at radius 1 is 0.521 bits per heavy atom. The number of ether oxygens (including phenoxy) is 3. The molecule has 4 aliphatic rings. The Labute approximate surface area is 571 Å². The lowest BCUT2D eigenvalue weighted by Gasteiger charge is -2.40. The fourth-order valence-electron chi connectivity index (χ4n) is 15.0. The van der Waals surface area contributed by atoms with Gasteiger partial charge in [-0.1, -0.05) is 164 Å². The summed E-state index contributed by atoms with van der Waals surface area (Å²) in [7, 11) is 5.15. The van der Waals surface area contributed by atoms with Crippen LogP contribution in [0.25, 0.3) is 22.3 Å². The normalized spacial score (nSPS) is 16.7. The predicted octanol–water partition coefficient (Wildman–Crippen LogP) is 23.5. The second kappa shape index (κ2) is 27.6. The van der Waals surface area contributed by atoms with Crippen molar-refractivity contribution < 1.29 is 14.2 Å². The maximum atomic E-state index is 5.71. The number of fused-ring (bicyclic) bond motifs is 6. The van der Waals surface area contributed by atoms with Crippen molar-refractivity contribution in [3.8, 4) is 33.8 Å². The largest absolute Gasteiger partial charge is 0.501 e. The van der Waals surface area contributed by atoms with Gasteiger partial charge in [0.05, 0.1) is 27.1 Å². The van der Waals surface area contributed by atoms with Gasteiger partial charge >= 0.3 is 0 Å². The van der Waals surface area contributed by atoms with Crippen molar-refractivity contribution in [2.75, 3.05) is 54.0 Å². The van der Waals surface area contributed by atoms with E-state index < -0.39 is 0 Å². The van der Waals surface area contributed by atoms with E-state index in [0.717, 1.165) is 93.4 Å². The molecule has 0 saturated heterocycles. The molecule has 0 heterocycles. The zero-order valence-corrected chi connectivity index (χ0v) is 58.4. The number of rotatable bonds is 21. The van der Waals surface area contributed by atoms with Crippen molar-refractivity contribution >= 4 is 45.5 Å². The van der Waals surface area contributed by atoms with Gasteiger partial charge in [0.1, 0.15) is 11.5 Å². The Hall–Kier alpha value is -10.2. The van der Waals surface area contributed by atoms with Crippen molar-refractivity contribution in [1.82, 2.24) is 0 Å². The standard InChI is InChI=1S/C89H92N4O3/c1-15-25-63-58-64(87(6,7)84-32-21-18-26-61(4)86(63)84)55-57-91(70-43-49-75(95-13)50-44-70)69-37-35-67(36-38-69)90(56-24-27-65(16-2)92(72-45-51-76(96-14)52-46-72)74-47-53-79-77-28-19-22-30-81(77)89(10,11)85(79)60-74)68-39-41-71(42-40-68)93(66(17-3)34-33-62(5)94-12)73-48-54-83-80(59-73)78-29-20-23-31-82(78)88(83,8)9/h16-31,33-55,59-60H,3,15,32,56-58H2,1-2,4-14H3/b27-24-,62-33+,63-25+,64-55+,65-16+,66-34+. The molecule has 8 aromatic rings. The van der Waals surface area contributed by atoms with Gasteiger partial charge in [-0.15, -0.1) is 0 Å². The number of methoxy groups -OCH3 is 3. The summed E-state index contributed by atoms with van der Waals surface area (Å²) in [5.74, 6) is 2.43. The van der Waals surface area contributed by atoms with Gasteiger partial charge in [0, 0.05) is 86.2 Å². The highest BCUT2D eigenvalue weighted by Crippen LogP contribution is 2.54. The quantitative estimate of drug-likeness (QED) is 0.0403. The first-order valence-electron chi connectivity index (χ1n) is 33.9. The van der Waals surface area contributed by atoms with E-state index >= 15 is 0 Å². The molecule has 0 saturated carbocycles. The predicted molar refractivity (Wildman–Crippen MR) is 407 cm³/mol. The van der Waals surface area contributed by atoms with E-state index in [4.69, 9.17) is 14.2 Å². The van der Waals surface area contributed by atoms with Crippen molar-refractivity contribution in [2.45, 2.75) is 99.3 Å². The van der Waals surface area contributed by atoms with Crippen LogP contribution in [0.15, 0.2) is 300 Å². The minimum absolute atomic E-state index is 0.127. The molecular weight excluding hydrogens is 1170 g/mol. The summed E-state index contributed by atoms with van der Waals surface area (Å²) >= 11 is 0. The average molecular weight is 1270 g/mol. The van der Waals surface area contributed by atoms with Crippen LogP contribution in [0.3, 0.4) is 0 Å². The van der Waals surface area contributed by atoms with E-state index in [9.17, 15) is 0 Å². The lowest BCUT2D eigenvalue weighted by Crippen LogP contribution is -2.27. The number of benzene rings is 8. The molecule has 0 unspecified atom stereocenters. The minimum Gasteiger partial charge on any atom is -0.501 e. The van der Waals surface area contributed by atoms with Crippen molar-refractivity contribution in [3.05, 3.63) is 323 Å². The summed E-state index contributed by atoms with van der Waals surface area (Å²) in [4.78, 5) is 9.51. The van der Waals surface area contributed by atoms with Gasteiger partial charge in [0.2, 0.25) is 0 Å². The average Bonchev–Trinajstić information content (AvgIpc) is 1.54. The second-order valence-electron chi connectivity index (χ2n) is 27.0. The SMILES string of the molecule is C=C/C(=C\C=C(/C)OC)N(c1ccc(N(C/C=C\C(=C/C)N(c2ccc(OC)cc2)c2ccc3c(c2)C(C)(C)c2ccccc2-3)c2ccc(N(C/C=C3\C/C(=C\CC)C4=C(CC=CC=C4C)C3(C)C)c3ccc(OC)cc3)cc2)cc1)c1ccc2c(c1)-c1ccccc1C2(C)C. The van der Waals surface area contributed by atoms with Crippen molar-refractivity contribution in [2.24, 2.45) is 5.41 Å². The fraction of sp³-hybridized carbons (Fsp3) is 0.236. The summed E-state index contributed by atoms with van der Waals surface area (Å²) in [5.41, 5.74) is 27.5. The highest BCUT2D eigenvalue weighted by atomic mass is 16.5. The zero-order valence-electron chi connectivity index (χ0n) is 58.4. The molecule has 0 atom stereocenters. The minimum atomic E-state index is -0.173. The summed E-state index contributed by atoms with van der Waals surface area (Å²) in [6, 6.07) is 66.5. The molecule has 0 aromatic heterocycles. The highest BCUT2D eigenvalue weighted by Gasteiger charge is 2.39. The van der Waals surface area contributed by atoms with E-state index in [1.165, 1.54) is 72.4 Å². The van der Waals surface area contributed by atoms with Crippen LogP contribution >= 0.6 is 0 Å². The maximum Gasteiger partial charge on any atom is 0.119 e. The van der Waals surface area contributed by atoms with E-state index in [1.54, 1.807) is 21.3 Å². The van der Waals surface area contributed by atoms with Crippen LogP contribution in [0.2, 0.25) is 0 Å². The Kier molecular flexibility index (Phi) is 18.9. The molecule has 96 heavy (non-hydrogen) atoms. The number of allylic oxidation sites excluding steroid dienone is 15. The Balaban J connectivity index is 0.949. The van der Waals surface area contributed by atoms with Crippen LogP contribution < -0.4 is 29.1 Å². The second-order valence-corrected chi connectivity index (χ2v) is 27.0. The summed E-state index contributed by atoms with van der Waals surface area (Å²) in [6.45, 7) is 28.5. The third-order valence-corrected chi connectivity index (χ3v) is 20.4. The number of hydrogen-bond donors (Lipinski definition) is 0. The molecule has 0 N–H and O–H groups in total. The zero-order chi connectivity index (χ0) is 67.5. The summed E-state index contributed by atoms with van der Waals surface area (Å²) in [6.07, 6.45) is 27.4. The molecular formula is C89H92N4O3. The molecule has 4 aliphatic carbocycles. The van der Waals surface area contributed by atoms with E-state index in [1.807, 2.05) is 31.2 Å². The number of anilines is 8. The molecule has 0 aliphatic heterocycles. The van der Waals surface area contributed by atoms with Crippen LogP contribution in [0.1, 0.15) is 111 Å². The van der Waals surface area contributed by atoms with Crippen molar-refractivity contribution in [3.63, 3.8) is 0 Å². The van der Waals surface area contributed by atoms with Crippen LogP contribution in [-0.4, -0.2) is 34.4 Å². The third kappa shape index (κ3) is 12.6. The summed E-state index contributed by atoms with van der Waals surface area (Å²) < 4.78 is 17.1. The Bertz CT molecular complexity index is 4520. The molecule has 0 fully saturated rings. The van der Waals surface area contributed by atoms with Gasteiger partial charge in [-0.05, 0) is 252 Å². The lowest BCUT2D eigenvalue weighted by molar-refractivity contribution is 0.294. The smallest absolute Gasteiger partial charge is 0.119 e. The molecule has 12 rings (SSSR count). The van der Waals surface area contributed by atoms with Gasteiger partial charge in [-0.3, -0.25) is 0 Å². The monoisotopic (exact) mass is 1260 g/mol. The van der Waals surface area contributed by atoms with Crippen LogP contribution in [0, 0.1) is 5.41 Å². The van der Waals surface area contributed by atoms with Gasteiger partial charge in [-0.2, -0.15) is 0 Å². The first-order valence-corrected chi connectivity index (χ1v) is 33.9. The topological polar surface area (TPSA) is 40.7 Å². The van der Waals surface area contributed by atoms with Crippen molar-refractivity contribution in [1.29, 1.82) is 0 Å². The first-order chi connectivity index (χ1) is 46.4. The molecule has 0 amide bonds. The van der Waals surface area contributed by atoms with Crippen LogP contribution in [-0.2, 0) is 15.6 Å². The lowest BCUT2D eigenvalue weighted by atomic mass is 9.65. The van der Waals surface area contributed by atoms with Gasteiger partial charge < -0.3 is 33.8 Å². The third-order valence-electron chi connectivity index (χ3n) is 20.4. The van der Waals surface area contributed by atoms with E-state index in [-0.39, 0.29) is 16.2 Å². The van der Waals surface area contributed by atoms with Gasteiger partial charge in [0.25, 0.3) is 0 Å². The van der Waals surface area contributed by atoms with Crippen LogP contribution in [0.4, 0.5) is 45.5 Å². The molecule has 486 valence electrons. The summed E-state index contributed by atoms with van der Waals surface area (Å²) in [5, 5.41) is 0. The maximum absolute atomic E-state index is 5.71. The molecule has 7 heteroatoms. The molecule has 0 radical (unpaired) electrons. The number of hydrogen-bond acceptors (Lipinski definition) is 7. The van der Waals surface area contributed by atoms with Crippen LogP contribution in [0.5, 0.6) is 11.5 Å².